The Kier molecular flexibility index (Phi) is 7.02. The summed E-state index contributed by atoms with van der Waals surface area (Å²) in [6.07, 6.45) is 5.63. The molecule has 1 amide bonds. The summed E-state index contributed by atoms with van der Waals surface area (Å²) in [6, 6.07) is 8.00. The van der Waals surface area contributed by atoms with E-state index < -0.39 is 0 Å². The Morgan fingerprint density at radius 1 is 1.00 bits per heavy atom. The van der Waals surface area contributed by atoms with Gasteiger partial charge in [0, 0.05) is 43.4 Å². The Morgan fingerprint density at radius 3 is 2.24 bits per heavy atom. The van der Waals surface area contributed by atoms with E-state index >= 15 is 0 Å². The van der Waals surface area contributed by atoms with E-state index in [1.165, 1.54) is 30.8 Å². The van der Waals surface area contributed by atoms with Crippen molar-refractivity contribution in [2.45, 2.75) is 36.2 Å². The molecule has 8 heteroatoms. The second kappa shape index (κ2) is 9.98. The Labute approximate surface area is 205 Å². The number of methoxy groups -OCH3 is 1. The van der Waals surface area contributed by atoms with Crippen LogP contribution in [0.4, 0.5) is 5.69 Å². The lowest BCUT2D eigenvalue weighted by molar-refractivity contribution is -0.157. The van der Waals surface area contributed by atoms with Gasteiger partial charge in [-0.05, 0) is 61.8 Å². The van der Waals surface area contributed by atoms with E-state index in [0.29, 0.717) is 29.0 Å². The third-order valence-electron chi connectivity index (χ3n) is 7.86. The number of hydrogen-bond acceptors (Lipinski definition) is 7. The zero-order valence-corrected chi connectivity index (χ0v) is 21.0. The topological polar surface area (TPSA) is 59.1 Å². The van der Waals surface area contributed by atoms with Crippen LogP contribution >= 0.6 is 23.5 Å². The predicted octanol–water partition coefficient (Wildman–Crippen LogP) is 3.89. The maximum absolute atomic E-state index is 12.9. The van der Waals surface area contributed by atoms with Gasteiger partial charge < -0.3 is 19.3 Å². The Morgan fingerprint density at radius 2 is 1.64 bits per heavy atom. The molecule has 4 fully saturated rings. The molecule has 2 heterocycles. The second-order valence-electron chi connectivity index (χ2n) is 9.58. The highest BCUT2D eigenvalue weighted by Crippen LogP contribution is 2.64. The first-order chi connectivity index (χ1) is 16.1. The number of carbonyl (C=O) groups excluding carboxylic acids is 2. The summed E-state index contributed by atoms with van der Waals surface area (Å²) >= 11 is 4.30. The molecule has 2 saturated carbocycles. The summed E-state index contributed by atoms with van der Waals surface area (Å²) in [6.45, 7) is 2.71. The molecule has 1 spiro atoms. The van der Waals surface area contributed by atoms with Gasteiger partial charge in [0.15, 0.2) is 6.61 Å². The molecule has 2 aliphatic heterocycles. The van der Waals surface area contributed by atoms with Gasteiger partial charge in [-0.1, -0.05) is 6.42 Å². The van der Waals surface area contributed by atoms with E-state index in [4.69, 9.17) is 9.47 Å². The van der Waals surface area contributed by atoms with Crippen molar-refractivity contribution in [1.82, 2.24) is 4.90 Å². The fraction of sp³-hybridized carbons (Fsp3) is 0.680. The third kappa shape index (κ3) is 4.70. The first kappa shape index (κ1) is 23.2. The number of benzene rings is 1. The molecule has 6 nitrogen and oxygen atoms in total. The Hall–Kier alpha value is -1.54. The van der Waals surface area contributed by atoms with Gasteiger partial charge in [-0.15, -0.1) is 23.5 Å². The molecule has 5 rings (SSSR count). The molecule has 3 atom stereocenters. The molecular weight excluding hydrogens is 456 g/mol. The van der Waals surface area contributed by atoms with E-state index in [0.717, 1.165) is 37.4 Å². The van der Waals surface area contributed by atoms with Crippen LogP contribution in [-0.4, -0.2) is 72.3 Å². The van der Waals surface area contributed by atoms with Crippen LogP contribution in [0.5, 0.6) is 5.75 Å². The van der Waals surface area contributed by atoms with Crippen LogP contribution in [0.2, 0.25) is 0 Å². The molecule has 0 aromatic heterocycles. The minimum Gasteiger partial charge on any atom is -0.497 e. The van der Waals surface area contributed by atoms with Crippen LogP contribution in [0.25, 0.3) is 0 Å². The fourth-order valence-corrected chi connectivity index (χ4v) is 10.1. The van der Waals surface area contributed by atoms with E-state index in [2.05, 4.69) is 28.4 Å². The number of nitrogens with zero attached hydrogens (tertiary/aromatic N) is 2. The van der Waals surface area contributed by atoms with Gasteiger partial charge in [-0.2, -0.15) is 0 Å². The lowest BCUT2D eigenvalue weighted by atomic mass is 9.67. The number of piperazine rings is 1. The molecule has 2 bridgehead atoms. The van der Waals surface area contributed by atoms with Crippen molar-refractivity contribution >= 4 is 41.1 Å². The van der Waals surface area contributed by atoms with Gasteiger partial charge >= 0.3 is 5.97 Å². The van der Waals surface area contributed by atoms with Crippen LogP contribution in [0.15, 0.2) is 24.3 Å². The standard InChI is InChI=1S/C25H34N2O4S2/c1-30-22-7-5-21(6-8-22)26-9-11-27(12-10-26)23(28)17-31-24(29)18-15-19-3-2-4-20(16-18)25(19)32-13-14-33-25/h5-8,18-20H,2-4,9-17H2,1H3/t18?,19-,20+. The van der Waals surface area contributed by atoms with E-state index in [-0.39, 0.29) is 24.4 Å². The molecule has 1 aromatic rings. The fourth-order valence-electron chi connectivity index (χ4n) is 6.15. The van der Waals surface area contributed by atoms with Crippen molar-refractivity contribution < 1.29 is 19.1 Å². The highest BCUT2D eigenvalue weighted by molar-refractivity contribution is 8.21. The van der Waals surface area contributed by atoms with E-state index in [1.54, 1.807) is 7.11 Å². The van der Waals surface area contributed by atoms with Crippen LogP contribution < -0.4 is 9.64 Å². The zero-order valence-electron chi connectivity index (χ0n) is 19.4. The van der Waals surface area contributed by atoms with Crippen molar-refractivity contribution in [2.24, 2.45) is 17.8 Å². The maximum Gasteiger partial charge on any atom is 0.309 e. The number of rotatable bonds is 5. The lowest BCUT2D eigenvalue weighted by Gasteiger charge is -2.51. The first-order valence-electron chi connectivity index (χ1n) is 12.2. The van der Waals surface area contributed by atoms with E-state index in [9.17, 15) is 9.59 Å². The highest BCUT2D eigenvalue weighted by atomic mass is 32.2. The number of anilines is 1. The predicted molar refractivity (Wildman–Crippen MR) is 134 cm³/mol. The van der Waals surface area contributed by atoms with Gasteiger partial charge in [0.25, 0.3) is 5.91 Å². The van der Waals surface area contributed by atoms with Crippen LogP contribution in [-0.2, 0) is 14.3 Å². The molecule has 1 aromatic carbocycles. The monoisotopic (exact) mass is 490 g/mol. The summed E-state index contributed by atoms with van der Waals surface area (Å²) in [7, 11) is 1.66. The number of carbonyl (C=O) groups is 2. The van der Waals surface area contributed by atoms with Crippen molar-refractivity contribution in [3.05, 3.63) is 24.3 Å². The normalized spacial score (nSPS) is 28.6. The van der Waals surface area contributed by atoms with Gasteiger partial charge in [0.1, 0.15) is 5.75 Å². The molecule has 1 unspecified atom stereocenters. The van der Waals surface area contributed by atoms with Gasteiger partial charge in [0.05, 0.1) is 17.1 Å². The van der Waals surface area contributed by atoms with E-state index in [1.807, 2.05) is 29.2 Å². The first-order valence-corrected chi connectivity index (χ1v) is 14.2. The molecule has 2 saturated heterocycles. The minimum absolute atomic E-state index is 0.0348. The van der Waals surface area contributed by atoms with Crippen molar-refractivity contribution in [2.75, 3.05) is 56.3 Å². The number of thioether (sulfide) groups is 2. The van der Waals surface area contributed by atoms with Crippen LogP contribution in [0, 0.1) is 17.8 Å². The summed E-state index contributed by atoms with van der Waals surface area (Å²) in [5.74, 6) is 4.29. The number of amides is 1. The van der Waals surface area contributed by atoms with Crippen molar-refractivity contribution in [3.63, 3.8) is 0 Å². The smallest absolute Gasteiger partial charge is 0.309 e. The number of hydrogen-bond donors (Lipinski definition) is 0. The minimum atomic E-state index is -0.153. The van der Waals surface area contributed by atoms with Crippen LogP contribution in [0.3, 0.4) is 0 Å². The molecular formula is C25H34N2O4S2. The Balaban J connectivity index is 1.09. The average molecular weight is 491 g/mol. The molecule has 0 N–H and O–H groups in total. The second-order valence-corrected chi connectivity index (χ2v) is 12.6. The van der Waals surface area contributed by atoms with Gasteiger partial charge in [0.2, 0.25) is 0 Å². The lowest BCUT2D eigenvalue weighted by Crippen LogP contribution is -2.50. The molecule has 2 aliphatic carbocycles. The molecule has 4 aliphatic rings. The molecule has 0 radical (unpaired) electrons. The average Bonchev–Trinajstić information content (AvgIpc) is 3.32. The highest BCUT2D eigenvalue weighted by Gasteiger charge is 2.55. The summed E-state index contributed by atoms with van der Waals surface area (Å²) in [4.78, 5) is 29.7. The molecule has 180 valence electrons. The SMILES string of the molecule is COc1ccc(N2CCN(C(=O)COC(=O)C3C[C@H]4CCC[C@@H](C3)C43SCCS3)CC2)cc1. The maximum atomic E-state index is 12.9. The van der Waals surface area contributed by atoms with Crippen molar-refractivity contribution in [3.8, 4) is 5.75 Å². The molecule has 33 heavy (non-hydrogen) atoms. The third-order valence-corrected chi connectivity index (χ3v) is 11.9. The number of ether oxygens (including phenoxy) is 2. The van der Waals surface area contributed by atoms with Crippen molar-refractivity contribution in [1.29, 1.82) is 0 Å². The largest absolute Gasteiger partial charge is 0.497 e. The van der Waals surface area contributed by atoms with Gasteiger partial charge in [-0.25, -0.2) is 0 Å². The quantitative estimate of drug-likeness (QED) is 0.581. The number of esters is 1. The summed E-state index contributed by atoms with van der Waals surface area (Å²) < 4.78 is 11.2. The Bertz CT molecular complexity index is 834. The van der Waals surface area contributed by atoms with Crippen LogP contribution in [0.1, 0.15) is 32.1 Å². The summed E-state index contributed by atoms with van der Waals surface area (Å²) in [5.41, 5.74) is 1.13. The summed E-state index contributed by atoms with van der Waals surface area (Å²) in [5, 5.41) is 0. The van der Waals surface area contributed by atoms with Gasteiger partial charge in [-0.3, -0.25) is 9.59 Å². The zero-order chi connectivity index (χ0) is 22.8.